The van der Waals surface area contributed by atoms with Crippen molar-refractivity contribution in [1.82, 2.24) is 9.80 Å². The van der Waals surface area contributed by atoms with Crippen LogP contribution in [0.25, 0.3) is 0 Å². The molecule has 0 bridgehead atoms. The van der Waals surface area contributed by atoms with Crippen molar-refractivity contribution in [2.45, 2.75) is 6.42 Å². The maximum Gasteiger partial charge on any atom is 0.335 e. The van der Waals surface area contributed by atoms with E-state index in [0.717, 1.165) is 0 Å². The lowest BCUT2D eigenvalue weighted by Crippen LogP contribution is -2.38. The Morgan fingerprint density at radius 3 is 2.60 bits per heavy atom. The number of benzene rings is 1. The lowest BCUT2D eigenvalue weighted by molar-refractivity contribution is -0.129. The molecule has 1 fully saturated rings. The molecule has 1 aromatic rings. The molecular weight excluding hydrogens is 260 g/mol. The lowest BCUT2D eigenvalue weighted by Gasteiger charge is -2.19. The van der Waals surface area contributed by atoms with E-state index in [2.05, 4.69) is 0 Å². The molecule has 106 valence electrons. The molecule has 6 heteroatoms. The molecule has 2 rings (SSSR count). The highest BCUT2D eigenvalue weighted by Gasteiger charge is 2.24. The average molecular weight is 276 g/mol. The van der Waals surface area contributed by atoms with Crippen molar-refractivity contribution < 1.29 is 19.5 Å². The van der Waals surface area contributed by atoms with Crippen molar-refractivity contribution in [2.75, 3.05) is 26.7 Å². The van der Waals surface area contributed by atoms with Crippen LogP contribution in [0.2, 0.25) is 0 Å². The van der Waals surface area contributed by atoms with Crippen molar-refractivity contribution in [2.24, 2.45) is 0 Å². The molecular formula is C14H16N2O4. The summed E-state index contributed by atoms with van der Waals surface area (Å²) in [5.41, 5.74) is 0.358. The van der Waals surface area contributed by atoms with E-state index in [9.17, 15) is 14.4 Å². The van der Waals surface area contributed by atoms with Gasteiger partial charge >= 0.3 is 5.97 Å². The van der Waals surface area contributed by atoms with Gasteiger partial charge in [0.1, 0.15) is 6.54 Å². The summed E-state index contributed by atoms with van der Waals surface area (Å²) >= 11 is 0. The van der Waals surface area contributed by atoms with Gasteiger partial charge < -0.3 is 14.9 Å². The molecule has 1 saturated heterocycles. The predicted molar refractivity (Wildman–Crippen MR) is 71.6 cm³/mol. The van der Waals surface area contributed by atoms with Gasteiger partial charge in [-0.25, -0.2) is 4.79 Å². The topological polar surface area (TPSA) is 77.9 Å². The molecule has 1 aliphatic rings. The zero-order valence-corrected chi connectivity index (χ0v) is 11.2. The van der Waals surface area contributed by atoms with E-state index in [1.807, 2.05) is 0 Å². The third kappa shape index (κ3) is 2.96. The fourth-order valence-corrected chi connectivity index (χ4v) is 2.13. The highest BCUT2D eigenvalue weighted by Crippen LogP contribution is 2.11. The summed E-state index contributed by atoms with van der Waals surface area (Å²) in [5.74, 6) is -1.49. The number of likely N-dealkylation sites (N-methyl/N-ethyl adjacent to an activating group) is 1. The lowest BCUT2D eigenvalue weighted by atomic mass is 10.1. The molecule has 0 aromatic heterocycles. The Morgan fingerprint density at radius 1 is 1.20 bits per heavy atom. The molecule has 2 amide bonds. The summed E-state index contributed by atoms with van der Waals surface area (Å²) in [4.78, 5) is 38.1. The molecule has 1 aromatic carbocycles. The van der Waals surface area contributed by atoms with Gasteiger partial charge in [0.2, 0.25) is 5.91 Å². The van der Waals surface area contributed by atoms with Crippen molar-refractivity contribution >= 4 is 17.8 Å². The Hall–Kier alpha value is -2.37. The number of nitrogens with zero attached hydrogens (tertiary/aromatic N) is 2. The second-order valence-electron chi connectivity index (χ2n) is 4.78. The quantitative estimate of drug-likeness (QED) is 0.862. The number of carboxylic acid groups (broad SMARTS) is 1. The Labute approximate surface area is 116 Å². The van der Waals surface area contributed by atoms with Crippen LogP contribution in [-0.2, 0) is 4.79 Å². The van der Waals surface area contributed by atoms with Crippen LogP contribution in [0.15, 0.2) is 24.3 Å². The average Bonchev–Trinajstić information content (AvgIpc) is 2.60. The van der Waals surface area contributed by atoms with Gasteiger partial charge in [-0.1, -0.05) is 6.07 Å². The number of carbonyl (C=O) groups is 3. The molecule has 1 N–H and O–H groups in total. The molecule has 0 spiro atoms. The number of amides is 2. The molecule has 6 nitrogen and oxygen atoms in total. The zero-order valence-electron chi connectivity index (χ0n) is 11.2. The second-order valence-corrected chi connectivity index (χ2v) is 4.78. The summed E-state index contributed by atoms with van der Waals surface area (Å²) in [5, 5.41) is 8.94. The normalized spacial score (nSPS) is 15.9. The van der Waals surface area contributed by atoms with Crippen LogP contribution in [0.1, 0.15) is 27.1 Å². The third-order valence-corrected chi connectivity index (χ3v) is 3.32. The number of aromatic carboxylic acids is 1. The first-order valence-electron chi connectivity index (χ1n) is 6.35. The van der Waals surface area contributed by atoms with Gasteiger partial charge in [-0.05, 0) is 24.6 Å². The van der Waals surface area contributed by atoms with E-state index in [0.29, 0.717) is 25.1 Å². The zero-order chi connectivity index (χ0) is 14.7. The minimum absolute atomic E-state index is 0.0344. The maximum absolute atomic E-state index is 12.3. The predicted octanol–water partition coefficient (Wildman–Crippen LogP) is 0.689. The van der Waals surface area contributed by atoms with Crippen LogP contribution in [0.3, 0.4) is 0 Å². The van der Waals surface area contributed by atoms with E-state index in [-0.39, 0.29) is 23.9 Å². The Balaban J connectivity index is 2.20. The second kappa shape index (κ2) is 5.73. The summed E-state index contributed by atoms with van der Waals surface area (Å²) in [7, 11) is 1.71. The van der Waals surface area contributed by atoms with Gasteiger partial charge in [-0.2, -0.15) is 0 Å². The van der Waals surface area contributed by atoms with Crippen molar-refractivity contribution in [3.8, 4) is 0 Å². The van der Waals surface area contributed by atoms with E-state index in [1.165, 1.54) is 23.1 Å². The standard InChI is InChI=1S/C14H16N2O4/c1-15-6-3-7-16(9-12(15)17)13(18)10-4-2-5-11(8-10)14(19)20/h2,4-5,8H,3,6-7,9H2,1H3,(H,19,20). The van der Waals surface area contributed by atoms with Crippen LogP contribution in [0.5, 0.6) is 0 Å². The van der Waals surface area contributed by atoms with E-state index >= 15 is 0 Å². The SMILES string of the molecule is CN1CCCN(C(=O)c2cccc(C(=O)O)c2)CC1=O. The fourth-order valence-electron chi connectivity index (χ4n) is 2.13. The Kier molecular flexibility index (Phi) is 4.02. The molecule has 0 aliphatic carbocycles. The Bertz CT molecular complexity index is 556. The van der Waals surface area contributed by atoms with Gasteiger partial charge in [-0.3, -0.25) is 9.59 Å². The number of carboxylic acids is 1. The molecule has 20 heavy (non-hydrogen) atoms. The largest absolute Gasteiger partial charge is 0.478 e. The molecule has 0 radical (unpaired) electrons. The summed E-state index contributed by atoms with van der Waals surface area (Å²) in [6, 6.07) is 5.86. The number of rotatable bonds is 2. The van der Waals surface area contributed by atoms with Gasteiger partial charge in [0, 0.05) is 25.7 Å². The highest BCUT2D eigenvalue weighted by molar-refractivity contribution is 5.99. The van der Waals surface area contributed by atoms with Gasteiger partial charge in [0.15, 0.2) is 0 Å². The van der Waals surface area contributed by atoms with Crippen molar-refractivity contribution in [1.29, 1.82) is 0 Å². The smallest absolute Gasteiger partial charge is 0.335 e. The molecule has 0 saturated carbocycles. The molecule has 1 heterocycles. The number of carbonyl (C=O) groups excluding carboxylic acids is 2. The minimum Gasteiger partial charge on any atom is -0.478 e. The summed E-state index contributed by atoms with van der Waals surface area (Å²) in [6.45, 7) is 1.15. The first kappa shape index (κ1) is 14.0. The molecule has 0 unspecified atom stereocenters. The highest BCUT2D eigenvalue weighted by atomic mass is 16.4. The molecule has 0 atom stereocenters. The van der Waals surface area contributed by atoms with E-state index in [1.54, 1.807) is 18.0 Å². The first-order chi connectivity index (χ1) is 9.49. The fraction of sp³-hybridized carbons (Fsp3) is 0.357. The summed E-state index contributed by atoms with van der Waals surface area (Å²) < 4.78 is 0. The third-order valence-electron chi connectivity index (χ3n) is 3.32. The van der Waals surface area contributed by atoms with Crippen LogP contribution in [0, 0.1) is 0 Å². The van der Waals surface area contributed by atoms with Crippen LogP contribution in [0.4, 0.5) is 0 Å². The van der Waals surface area contributed by atoms with Gasteiger partial charge in [0.25, 0.3) is 5.91 Å². The van der Waals surface area contributed by atoms with Crippen LogP contribution >= 0.6 is 0 Å². The Morgan fingerprint density at radius 2 is 1.90 bits per heavy atom. The van der Waals surface area contributed by atoms with E-state index < -0.39 is 5.97 Å². The summed E-state index contributed by atoms with van der Waals surface area (Å²) in [6.07, 6.45) is 0.715. The maximum atomic E-state index is 12.3. The number of hydrogen-bond acceptors (Lipinski definition) is 3. The van der Waals surface area contributed by atoms with Crippen molar-refractivity contribution in [3.05, 3.63) is 35.4 Å². The number of hydrogen-bond donors (Lipinski definition) is 1. The van der Waals surface area contributed by atoms with Gasteiger partial charge in [-0.15, -0.1) is 0 Å². The molecule has 1 aliphatic heterocycles. The van der Waals surface area contributed by atoms with Crippen LogP contribution < -0.4 is 0 Å². The van der Waals surface area contributed by atoms with Crippen LogP contribution in [-0.4, -0.2) is 59.4 Å². The monoisotopic (exact) mass is 276 g/mol. The van der Waals surface area contributed by atoms with E-state index in [4.69, 9.17) is 5.11 Å². The first-order valence-corrected chi connectivity index (χ1v) is 6.35. The van der Waals surface area contributed by atoms with Crippen molar-refractivity contribution in [3.63, 3.8) is 0 Å². The van der Waals surface area contributed by atoms with Gasteiger partial charge in [0.05, 0.1) is 5.56 Å². The minimum atomic E-state index is -1.08.